The molecule has 2 rings (SSSR count). The molecule has 0 bridgehead atoms. The van der Waals surface area contributed by atoms with Gasteiger partial charge < -0.3 is 5.11 Å². The molecule has 0 aliphatic carbocycles. The quantitative estimate of drug-likeness (QED) is 0.926. The Balaban J connectivity index is 2.17. The van der Waals surface area contributed by atoms with E-state index in [4.69, 9.17) is 5.11 Å². The van der Waals surface area contributed by atoms with Crippen molar-refractivity contribution in [1.82, 2.24) is 9.97 Å². The summed E-state index contributed by atoms with van der Waals surface area (Å²) in [6.45, 7) is 6.01. The minimum absolute atomic E-state index is 0.156. The molecule has 0 aliphatic heterocycles. The first kappa shape index (κ1) is 14.2. The fourth-order valence-corrected chi connectivity index (χ4v) is 2.01. The largest absolute Gasteiger partial charge is 0.478 e. The molecule has 1 heterocycles. The van der Waals surface area contributed by atoms with Gasteiger partial charge in [-0.3, -0.25) is 0 Å². The van der Waals surface area contributed by atoms with E-state index in [1.807, 2.05) is 0 Å². The Morgan fingerprint density at radius 3 is 2.40 bits per heavy atom. The second kappa shape index (κ2) is 5.82. The molecule has 0 saturated heterocycles. The molecule has 0 aliphatic rings. The Hall–Kier alpha value is -2.23. The van der Waals surface area contributed by atoms with Gasteiger partial charge in [0, 0.05) is 12.6 Å². The van der Waals surface area contributed by atoms with Gasteiger partial charge in [-0.05, 0) is 24.0 Å². The summed E-state index contributed by atoms with van der Waals surface area (Å²) in [4.78, 5) is 19.3. The number of carboxylic acid groups (broad SMARTS) is 1. The second-order valence-corrected chi connectivity index (χ2v) is 5.16. The summed E-state index contributed by atoms with van der Waals surface area (Å²) in [5.74, 6) is 0.164. The van der Waals surface area contributed by atoms with Crippen LogP contribution < -0.4 is 0 Å². The molecule has 0 saturated carbocycles. The van der Waals surface area contributed by atoms with Gasteiger partial charge in [-0.1, -0.05) is 38.1 Å². The number of hydrogen-bond donors (Lipinski definition) is 1. The van der Waals surface area contributed by atoms with E-state index < -0.39 is 5.97 Å². The fraction of sp³-hybridized carbons (Fsp3) is 0.312. The van der Waals surface area contributed by atoms with Crippen molar-refractivity contribution in [2.45, 2.75) is 33.1 Å². The summed E-state index contributed by atoms with van der Waals surface area (Å²) in [6.07, 6.45) is 1.99. The first-order chi connectivity index (χ1) is 9.47. The van der Waals surface area contributed by atoms with Crippen molar-refractivity contribution in [1.29, 1.82) is 0 Å². The zero-order valence-corrected chi connectivity index (χ0v) is 11.9. The summed E-state index contributed by atoms with van der Waals surface area (Å²) in [7, 11) is 0. The smallest absolute Gasteiger partial charge is 0.339 e. The Morgan fingerprint density at radius 2 is 1.90 bits per heavy atom. The molecule has 0 radical (unpaired) electrons. The Labute approximate surface area is 118 Å². The predicted octanol–water partition coefficient (Wildman–Crippen LogP) is 3.20. The van der Waals surface area contributed by atoms with Crippen LogP contribution in [-0.2, 0) is 6.42 Å². The molecule has 0 spiro atoms. The van der Waals surface area contributed by atoms with E-state index in [2.05, 4.69) is 48.1 Å². The van der Waals surface area contributed by atoms with Gasteiger partial charge in [-0.2, -0.15) is 0 Å². The van der Waals surface area contributed by atoms with Crippen LogP contribution in [0.2, 0.25) is 0 Å². The van der Waals surface area contributed by atoms with Crippen molar-refractivity contribution in [2.24, 2.45) is 0 Å². The standard InChI is InChI=1S/C16H18N2O2/c1-10(2)13-6-4-12(5-7-13)8-15-17-9-14(16(19)20)11(3)18-15/h4-7,9-10H,8H2,1-3H3,(H,19,20). The normalized spacial score (nSPS) is 10.8. The molecule has 0 fully saturated rings. The molecule has 104 valence electrons. The number of benzene rings is 1. The Kier molecular flexibility index (Phi) is 4.13. The van der Waals surface area contributed by atoms with Crippen molar-refractivity contribution >= 4 is 5.97 Å². The van der Waals surface area contributed by atoms with E-state index >= 15 is 0 Å². The molecule has 4 heteroatoms. The minimum Gasteiger partial charge on any atom is -0.478 e. The molecule has 20 heavy (non-hydrogen) atoms. The van der Waals surface area contributed by atoms with Crippen molar-refractivity contribution in [3.05, 3.63) is 58.7 Å². The topological polar surface area (TPSA) is 63.1 Å². The van der Waals surface area contributed by atoms with Crippen molar-refractivity contribution in [2.75, 3.05) is 0 Å². The zero-order valence-electron chi connectivity index (χ0n) is 11.9. The van der Waals surface area contributed by atoms with Crippen LogP contribution in [0.5, 0.6) is 0 Å². The third-order valence-electron chi connectivity index (χ3n) is 3.27. The van der Waals surface area contributed by atoms with Gasteiger partial charge in [-0.25, -0.2) is 14.8 Å². The summed E-state index contributed by atoms with van der Waals surface area (Å²) in [5, 5.41) is 8.95. The maximum atomic E-state index is 10.9. The van der Waals surface area contributed by atoms with Gasteiger partial charge >= 0.3 is 5.97 Å². The van der Waals surface area contributed by atoms with E-state index in [1.54, 1.807) is 6.92 Å². The molecule has 2 aromatic rings. The average molecular weight is 270 g/mol. The highest BCUT2D eigenvalue weighted by Gasteiger charge is 2.10. The van der Waals surface area contributed by atoms with Crippen LogP contribution in [0.1, 0.15) is 52.8 Å². The third kappa shape index (κ3) is 3.20. The zero-order chi connectivity index (χ0) is 14.7. The molecule has 1 N–H and O–H groups in total. The highest BCUT2D eigenvalue weighted by Crippen LogP contribution is 2.16. The number of carbonyl (C=O) groups is 1. The van der Waals surface area contributed by atoms with Crippen LogP contribution >= 0.6 is 0 Å². The van der Waals surface area contributed by atoms with Crippen molar-refractivity contribution in [3.8, 4) is 0 Å². The Bertz CT molecular complexity index is 619. The van der Waals surface area contributed by atoms with Crippen LogP contribution in [0, 0.1) is 6.92 Å². The number of aryl methyl sites for hydroxylation is 1. The maximum Gasteiger partial charge on any atom is 0.339 e. The lowest BCUT2D eigenvalue weighted by Gasteiger charge is -2.07. The van der Waals surface area contributed by atoms with Gasteiger partial charge in [0.2, 0.25) is 0 Å². The van der Waals surface area contributed by atoms with E-state index in [0.29, 0.717) is 23.9 Å². The first-order valence-corrected chi connectivity index (χ1v) is 6.62. The summed E-state index contributed by atoms with van der Waals surface area (Å²) < 4.78 is 0. The number of hydrogen-bond acceptors (Lipinski definition) is 3. The number of carboxylic acids is 1. The van der Waals surface area contributed by atoms with E-state index in [0.717, 1.165) is 5.56 Å². The number of aromatic nitrogens is 2. The maximum absolute atomic E-state index is 10.9. The lowest BCUT2D eigenvalue weighted by atomic mass is 10.0. The summed E-state index contributed by atoms with van der Waals surface area (Å²) >= 11 is 0. The van der Waals surface area contributed by atoms with Crippen LogP contribution in [0.25, 0.3) is 0 Å². The highest BCUT2D eigenvalue weighted by molar-refractivity contribution is 5.88. The molecule has 1 aromatic carbocycles. The van der Waals surface area contributed by atoms with E-state index in [9.17, 15) is 4.79 Å². The number of nitrogens with zero attached hydrogens (tertiary/aromatic N) is 2. The average Bonchev–Trinajstić information content (AvgIpc) is 2.39. The van der Waals surface area contributed by atoms with Crippen LogP contribution in [-0.4, -0.2) is 21.0 Å². The second-order valence-electron chi connectivity index (χ2n) is 5.16. The van der Waals surface area contributed by atoms with Crippen molar-refractivity contribution < 1.29 is 9.90 Å². The van der Waals surface area contributed by atoms with Crippen LogP contribution in [0.15, 0.2) is 30.5 Å². The molecule has 0 unspecified atom stereocenters. The SMILES string of the molecule is Cc1nc(Cc2ccc(C(C)C)cc2)ncc1C(=O)O. The summed E-state index contributed by atoms with van der Waals surface area (Å²) in [5.41, 5.74) is 3.08. The van der Waals surface area contributed by atoms with Crippen LogP contribution in [0.3, 0.4) is 0 Å². The molecule has 0 amide bonds. The molecular formula is C16H18N2O2. The minimum atomic E-state index is -0.990. The number of rotatable bonds is 4. The Morgan fingerprint density at radius 1 is 1.25 bits per heavy atom. The lowest BCUT2D eigenvalue weighted by molar-refractivity contribution is 0.0695. The molecule has 0 atom stereocenters. The van der Waals surface area contributed by atoms with Gasteiger partial charge in [0.1, 0.15) is 5.82 Å². The fourth-order valence-electron chi connectivity index (χ4n) is 2.01. The lowest BCUT2D eigenvalue weighted by Crippen LogP contribution is -2.06. The van der Waals surface area contributed by atoms with Gasteiger partial charge in [0.05, 0.1) is 11.3 Å². The van der Waals surface area contributed by atoms with Gasteiger partial charge in [0.25, 0.3) is 0 Å². The highest BCUT2D eigenvalue weighted by atomic mass is 16.4. The number of aromatic carboxylic acids is 1. The monoisotopic (exact) mass is 270 g/mol. The first-order valence-electron chi connectivity index (χ1n) is 6.62. The predicted molar refractivity (Wildman–Crippen MR) is 77.1 cm³/mol. The summed E-state index contributed by atoms with van der Waals surface area (Å²) in [6, 6.07) is 8.36. The molecular weight excluding hydrogens is 252 g/mol. The molecule has 1 aromatic heterocycles. The van der Waals surface area contributed by atoms with Gasteiger partial charge in [0.15, 0.2) is 0 Å². The van der Waals surface area contributed by atoms with Crippen LogP contribution in [0.4, 0.5) is 0 Å². The van der Waals surface area contributed by atoms with E-state index in [1.165, 1.54) is 11.8 Å². The third-order valence-corrected chi connectivity index (χ3v) is 3.27. The molecule has 4 nitrogen and oxygen atoms in total. The van der Waals surface area contributed by atoms with E-state index in [-0.39, 0.29) is 5.56 Å². The van der Waals surface area contributed by atoms with Crippen molar-refractivity contribution in [3.63, 3.8) is 0 Å². The van der Waals surface area contributed by atoms with Gasteiger partial charge in [-0.15, -0.1) is 0 Å².